The van der Waals surface area contributed by atoms with E-state index in [4.69, 9.17) is 0 Å². The van der Waals surface area contributed by atoms with Crippen LogP contribution in [0.5, 0.6) is 0 Å². The number of hydrogen-bond donors (Lipinski definition) is 1. The van der Waals surface area contributed by atoms with Crippen molar-refractivity contribution in [2.75, 3.05) is 19.0 Å². The maximum atomic E-state index is 12.6. The highest BCUT2D eigenvalue weighted by molar-refractivity contribution is 7.20. The van der Waals surface area contributed by atoms with E-state index >= 15 is 0 Å². The third-order valence-corrected chi connectivity index (χ3v) is 5.19. The van der Waals surface area contributed by atoms with E-state index in [0.29, 0.717) is 11.4 Å². The van der Waals surface area contributed by atoms with Crippen molar-refractivity contribution in [3.63, 3.8) is 0 Å². The molecule has 3 rings (SSSR count). The predicted molar refractivity (Wildman–Crippen MR) is 101 cm³/mol. The highest BCUT2D eigenvalue weighted by Crippen LogP contribution is 2.31. The Labute approximate surface area is 150 Å². The number of carbonyl (C=O) groups is 1. The van der Waals surface area contributed by atoms with Gasteiger partial charge in [-0.05, 0) is 44.0 Å². The van der Waals surface area contributed by atoms with Gasteiger partial charge in [0.1, 0.15) is 16.5 Å². The lowest BCUT2D eigenvalue weighted by molar-refractivity contribution is 0.0954. The van der Waals surface area contributed by atoms with Gasteiger partial charge in [0.2, 0.25) is 0 Å². The Bertz CT molecular complexity index is 948. The van der Waals surface area contributed by atoms with E-state index in [0.717, 1.165) is 38.7 Å². The molecule has 6 nitrogen and oxygen atoms in total. The second-order valence-electron chi connectivity index (χ2n) is 6.19. The van der Waals surface area contributed by atoms with Crippen molar-refractivity contribution in [2.45, 2.75) is 27.3 Å². The van der Waals surface area contributed by atoms with Crippen molar-refractivity contribution in [1.29, 1.82) is 0 Å². The minimum atomic E-state index is -0.0826. The summed E-state index contributed by atoms with van der Waals surface area (Å²) in [6.07, 6.45) is 1.75. The van der Waals surface area contributed by atoms with E-state index in [1.165, 1.54) is 11.3 Å². The Morgan fingerprint density at radius 2 is 2.00 bits per heavy atom. The number of rotatable bonds is 4. The second kappa shape index (κ2) is 6.76. The minimum absolute atomic E-state index is 0.0826. The van der Waals surface area contributed by atoms with Gasteiger partial charge >= 0.3 is 0 Å². The largest absolute Gasteiger partial charge is 0.363 e. The summed E-state index contributed by atoms with van der Waals surface area (Å²) in [6.45, 7) is 6.24. The maximum absolute atomic E-state index is 12.6. The topological polar surface area (TPSA) is 71.0 Å². The van der Waals surface area contributed by atoms with Crippen LogP contribution in [0.2, 0.25) is 0 Å². The number of carbonyl (C=O) groups excluding carboxylic acids is 1. The summed E-state index contributed by atoms with van der Waals surface area (Å²) in [4.78, 5) is 29.3. The first-order valence-corrected chi connectivity index (χ1v) is 8.83. The molecule has 0 aliphatic rings. The van der Waals surface area contributed by atoms with E-state index < -0.39 is 0 Å². The molecule has 3 aromatic heterocycles. The van der Waals surface area contributed by atoms with Gasteiger partial charge in [-0.1, -0.05) is 0 Å². The van der Waals surface area contributed by atoms with E-state index in [1.807, 2.05) is 51.9 Å². The van der Waals surface area contributed by atoms with Crippen molar-refractivity contribution in [2.24, 2.45) is 0 Å². The number of anilines is 1. The molecule has 7 heteroatoms. The third kappa shape index (κ3) is 3.46. The highest BCUT2D eigenvalue weighted by Gasteiger charge is 2.18. The summed E-state index contributed by atoms with van der Waals surface area (Å²) < 4.78 is 0. The van der Waals surface area contributed by atoms with Gasteiger partial charge in [-0.15, -0.1) is 11.3 Å². The molecule has 0 radical (unpaired) electrons. The van der Waals surface area contributed by atoms with Gasteiger partial charge in [0, 0.05) is 37.9 Å². The molecule has 3 aromatic rings. The average molecular weight is 355 g/mol. The Balaban J connectivity index is 1.82. The summed E-state index contributed by atoms with van der Waals surface area (Å²) in [7, 11) is 3.88. The number of aromatic nitrogens is 3. The molecular weight excluding hydrogens is 334 g/mol. The minimum Gasteiger partial charge on any atom is -0.363 e. The molecule has 0 saturated carbocycles. The Kier molecular flexibility index (Phi) is 4.67. The number of fused-ring (bicyclic) bond motifs is 1. The summed E-state index contributed by atoms with van der Waals surface area (Å²) in [6, 6.07) is 3.88. The number of amides is 1. The molecule has 0 aliphatic carbocycles. The third-order valence-electron chi connectivity index (χ3n) is 4.01. The standard InChI is InChI=1S/C18H21N5OS/c1-10-15-11(2)21-12(3)22-18(15)25-16(10)17(24)20-9-13-6-7-19-14(8-13)23(4)5/h6-8H,9H2,1-5H3,(H,20,24). The molecular formula is C18H21N5OS. The smallest absolute Gasteiger partial charge is 0.261 e. The van der Waals surface area contributed by atoms with Crippen LogP contribution in [0.15, 0.2) is 18.3 Å². The van der Waals surface area contributed by atoms with Crippen LogP contribution in [0.25, 0.3) is 10.2 Å². The van der Waals surface area contributed by atoms with E-state index in [2.05, 4.69) is 20.3 Å². The zero-order valence-electron chi connectivity index (χ0n) is 15.0. The number of nitrogens with zero attached hydrogens (tertiary/aromatic N) is 4. The van der Waals surface area contributed by atoms with Crippen LogP contribution >= 0.6 is 11.3 Å². The van der Waals surface area contributed by atoms with Crippen molar-refractivity contribution >= 4 is 33.3 Å². The molecule has 25 heavy (non-hydrogen) atoms. The molecule has 0 fully saturated rings. The van der Waals surface area contributed by atoms with Crippen molar-refractivity contribution in [3.05, 3.63) is 45.9 Å². The molecule has 3 heterocycles. The summed E-state index contributed by atoms with van der Waals surface area (Å²) in [5.74, 6) is 1.51. The molecule has 1 amide bonds. The fraction of sp³-hybridized carbons (Fsp3) is 0.333. The molecule has 130 valence electrons. The van der Waals surface area contributed by atoms with E-state index in [-0.39, 0.29) is 5.91 Å². The molecule has 0 aliphatic heterocycles. The summed E-state index contributed by atoms with van der Waals surface area (Å²) in [5, 5.41) is 3.98. The Morgan fingerprint density at radius 1 is 1.24 bits per heavy atom. The van der Waals surface area contributed by atoms with Crippen LogP contribution in [-0.4, -0.2) is 35.0 Å². The normalized spacial score (nSPS) is 10.9. The zero-order chi connectivity index (χ0) is 18.1. The number of thiophene rings is 1. The van der Waals surface area contributed by atoms with Gasteiger partial charge in [0.25, 0.3) is 5.91 Å². The summed E-state index contributed by atoms with van der Waals surface area (Å²) in [5.41, 5.74) is 2.87. The second-order valence-corrected chi connectivity index (χ2v) is 7.19. The summed E-state index contributed by atoms with van der Waals surface area (Å²) >= 11 is 1.42. The Morgan fingerprint density at radius 3 is 2.72 bits per heavy atom. The van der Waals surface area contributed by atoms with Crippen LogP contribution in [-0.2, 0) is 6.54 Å². The molecule has 0 saturated heterocycles. The van der Waals surface area contributed by atoms with Gasteiger partial charge in [0.05, 0.1) is 4.88 Å². The molecule has 0 atom stereocenters. The van der Waals surface area contributed by atoms with Crippen LogP contribution in [0.3, 0.4) is 0 Å². The first kappa shape index (κ1) is 17.3. The molecule has 1 N–H and O–H groups in total. The predicted octanol–water partition coefficient (Wildman–Crippen LogP) is 3.01. The monoisotopic (exact) mass is 355 g/mol. The van der Waals surface area contributed by atoms with Crippen LogP contribution < -0.4 is 10.2 Å². The first-order chi connectivity index (χ1) is 11.9. The highest BCUT2D eigenvalue weighted by atomic mass is 32.1. The molecule has 0 bridgehead atoms. The van der Waals surface area contributed by atoms with Crippen LogP contribution in [0.4, 0.5) is 5.82 Å². The van der Waals surface area contributed by atoms with Gasteiger partial charge < -0.3 is 10.2 Å². The van der Waals surface area contributed by atoms with Crippen LogP contribution in [0, 0.1) is 20.8 Å². The van der Waals surface area contributed by atoms with Crippen molar-refractivity contribution in [1.82, 2.24) is 20.3 Å². The molecule has 0 unspecified atom stereocenters. The fourth-order valence-electron chi connectivity index (χ4n) is 2.77. The fourth-order valence-corrected chi connectivity index (χ4v) is 3.96. The average Bonchev–Trinajstić information content (AvgIpc) is 2.89. The molecule has 0 aromatic carbocycles. The zero-order valence-corrected chi connectivity index (χ0v) is 15.9. The van der Waals surface area contributed by atoms with Gasteiger partial charge in [-0.3, -0.25) is 4.79 Å². The van der Waals surface area contributed by atoms with E-state index in [9.17, 15) is 4.79 Å². The van der Waals surface area contributed by atoms with Gasteiger partial charge in [-0.2, -0.15) is 0 Å². The number of hydrogen-bond acceptors (Lipinski definition) is 6. The van der Waals surface area contributed by atoms with Crippen molar-refractivity contribution < 1.29 is 4.79 Å². The molecule has 0 spiro atoms. The number of pyridine rings is 1. The van der Waals surface area contributed by atoms with Gasteiger partial charge in [-0.25, -0.2) is 15.0 Å². The lowest BCUT2D eigenvalue weighted by Gasteiger charge is -2.12. The Hall–Kier alpha value is -2.54. The lowest BCUT2D eigenvalue weighted by atomic mass is 10.1. The van der Waals surface area contributed by atoms with Gasteiger partial charge in [0.15, 0.2) is 0 Å². The van der Waals surface area contributed by atoms with Crippen molar-refractivity contribution in [3.8, 4) is 0 Å². The lowest BCUT2D eigenvalue weighted by Crippen LogP contribution is -2.22. The van der Waals surface area contributed by atoms with Crippen LogP contribution in [0.1, 0.15) is 32.3 Å². The quantitative estimate of drug-likeness (QED) is 0.779. The van der Waals surface area contributed by atoms with E-state index in [1.54, 1.807) is 6.20 Å². The number of aryl methyl sites for hydroxylation is 3. The SMILES string of the molecule is Cc1nc(C)c2c(C)c(C(=O)NCc3ccnc(N(C)C)c3)sc2n1. The first-order valence-electron chi connectivity index (χ1n) is 8.01. The maximum Gasteiger partial charge on any atom is 0.261 e. The number of nitrogens with one attached hydrogen (secondary N) is 1.